The van der Waals surface area contributed by atoms with Crippen LogP contribution in [0.5, 0.6) is 0 Å². The van der Waals surface area contributed by atoms with E-state index in [4.69, 9.17) is 27.7 Å². The molecule has 1 atom stereocenters. The minimum Gasteiger partial charge on any atom is -0.334 e. The fourth-order valence-corrected chi connectivity index (χ4v) is 2.29. The molecule has 0 aliphatic carbocycles. The van der Waals surface area contributed by atoms with Crippen molar-refractivity contribution in [2.75, 3.05) is 0 Å². The van der Waals surface area contributed by atoms with Crippen LogP contribution in [0.25, 0.3) is 11.5 Å². The summed E-state index contributed by atoms with van der Waals surface area (Å²) in [5.41, 5.74) is 0.811. The van der Waals surface area contributed by atoms with Crippen molar-refractivity contribution in [3.05, 3.63) is 33.5 Å². The highest BCUT2D eigenvalue weighted by Gasteiger charge is 2.16. The van der Waals surface area contributed by atoms with Gasteiger partial charge in [0.05, 0.1) is 10.4 Å². The van der Waals surface area contributed by atoms with E-state index in [1.165, 1.54) is 0 Å². The van der Waals surface area contributed by atoms with Gasteiger partial charge in [-0.1, -0.05) is 30.1 Å². The molecule has 0 fully saturated rings. The van der Waals surface area contributed by atoms with E-state index in [1.54, 1.807) is 6.07 Å². The third-order valence-electron chi connectivity index (χ3n) is 2.43. The standard InChI is InChI=1S/C12H11BrCl2N2O/c1-2-3-10(15)11-16-12(18-17-11)7-4-5-9(14)8(13)6-7/h4-6,10H,2-3H2,1H3. The highest BCUT2D eigenvalue weighted by atomic mass is 79.9. The average molecular weight is 350 g/mol. The minimum atomic E-state index is -0.205. The van der Waals surface area contributed by atoms with Crippen LogP contribution >= 0.6 is 39.1 Å². The largest absolute Gasteiger partial charge is 0.334 e. The van der Waals surface area contributed by atoms with Crippen molar-refractivity contribution < 1.29 is 4.52 Å². The van der Waals surface area contributed by atoms with Crippen LogP contribution in [0.15, 0.2) is 27.2 Å². The molecule has 0 amide bonds. The van der Waals surface area contributed by atoms with Gasteiger partial charge in [-0.05, 0) is 40.5 Å². The first kappa shape index (κ1) is 13.8. The van der Waals surface area contributed by atoms with Crippen LogP contribution in [-0.2, 0) is 0 Å². The number of aromatic nitrogens is 2. The maximum atomic E-state index is 6.15. The number of hydrogen-bond acceptors (Lipinski definition) is 3. The van der Waals surface area contributed by atoms with Gasteiger partial charge >= 0.3 is 0 Å². The van der Waals surface area contributed by atoms with E-state index in [9.17, 15) is 0 Å². The lowest BCUT2D eigenvalue weighted by Crippen LogP contribution is -1.92. The Balaban J connectivity index is 2.26. The van der Waals surface area contributed by atoms with E-state index in [1.807, 2.05) is 12.1 Å². The van der Waals surface area contributed by atoms with Crippen LogP contribution in [0.1, 0.15) is 31.0 Å². The van der Waals surface area contributed by atoms with Crippen molar-refractivity contribution in [1.29, 1.82) is 0 Å². The molecule has 0 radical (unpaired) electrons. The molecule has 1 heterocycles. The number of hydrogen-bond donors (Lipinski definition) is 0. The van der Waals surface area contributed by atoms with Gasteiger partial charge in [0.1, 0.15) is 0 Å². The molecule has 1 aromatic heterocycles. The SMILES string of the molecule is CCCC(Cl)c1noc(-c2ccc(Cl)c(Br)c2)n1. The fraction of sp³-hybridized carbons (Fsp3) is 0.333. The molecule has 0 saturated carbocycles. The van der Waals surface area contributed by atoms with Crippen molar-refractivity contribution in [3.63, 3.8) is 0 Å². The molecule has 0 spiro atoms. The Morgan fingerprint density at radius 3 is 2.89 bits per heavy atom. The number of alkyl halides is 1. The van der Waals surface area contributed by atoms with Gasteiger partial charge in [0.15, 0.2) is 5.82 Å². The smallest absolute Gasteiger partial charge is 0.258 e. The summed E-state index contributed by atoms with van der Waals surface area (Å²) in [6.07, 6.45) is 1.80. The van der Waals surface area contributed by atoms with E-state index in [2.05, 4.69) is 33.0 Å². The van der Waals surface area contributed by atoms with E-state index in [0.717, 1.165) is 22.9 Å². The summed E-state index contributed by atoms with van der Waals surface area (Å²) in [7, 11) is 0. The van der Waals surface area contributed by atoms with Gasteiger partial charge in [0.25, 0.3) is 5.89 Å². The minimum absolute atomic E-state index is 0.205. The van der Waals surface area contributed by atoms with E-state index in [0.29, 0.717) is 16.7 Å². The molecule has 96 valence electrons. The molecule has 0 N–H and O–H groups in total. The zero-order valence-electron chi connectivity index (χ0n) is 9.66. The summed E-state index contributed by atoms with van der Waals surface area (Å²) in [4.78, 5) is 4.30. The van der Waals surface area contributed by atoms with Gasteiger partial charge in [-0.15, -0.1) is 11.6 Å². The Morgan fingerprint density at radius 1 is 1.44 bits per heavy atom. The van der Waals surface area contributed by atoms with E-state index < -0.39 is 0 Å². The lowest BCUT2D eigenvalue weighted by molar-refractivity contribution is 0.420. The second-order valence-electron chi connectivity index (χ2n) is 3.84. The first-order valence-corrected chi connectivity index (χ1v) is 7.15. The monoisotopic (exact) mass is 348 g/mol. The van der Waals surface area contributed by atoms with Crippen molar-refractivity contribution in [1.82, 2.24) is 10.1 Å². The summed E-state index contributed by atoms with van der Waals surface area (Å²) in [6, 6.07) is 5.44. The Bertz CT molecular complexity index is 545. The first-order valence-electron chi connectivity index (χ1n) is 5.55. The molecule has 0 aliphatic rings. The fourth-order valence-electron chi connectivity index (χ4n) is 1.49. The molecule has 6 heteroatoms. The first-order chi connectivity index (χ1) is 8.61. The third kappa shape index (κ3) is 3.05. The average Bonchev–Trinajstić information content (AvgIpc) is 2.82. The molecule has 0 saturated heterocycles. The Kier molecular flexibility index (Phi) is 4.65. The molecule has 3 nitrogen and oxygen atoms in total. The van der Waals surface area contributed by atoms with Crippen LogP contribution in [-0.4, -0.2) is 10.1 Å². The van der Waals surface area contributed by atoms with Gasteiger partial charge in [0.2, 0.25) is 0 Å². The highest BCUT2D eigenvalue weighted by molar-refractivity contribution is 9.10. The summed E-state index contributed by atoms with van der Waals surface area (Å²) < 4.78 is 5.99. The third-order valence-corrected chi connectivity index (χ3v) is 4.06. The summed E-state index contributed by atoms with van der Waals surface area (Å²) in [5.74, 6) is 0.976. The predicted molar refractivity (Wildman–Crippen MR) is 75.9 cm³/mol. The Morgan fingerprint density at radius 2 is 2.22 bits per heavy atom. The molecule has 2 rings (SSSR count). The van der Waals surface area contributed by atoms with Crippen molar-refractivity contribution >= 4 is 39.1 Å². The second kappa shape index (κ2) is 6.04. The van der Waals surface area contributed by atoms with Gasteiger partial charge < -0.3 is 4.52 Å². The number of nitrogens with zero attached hydrogens (tertiary/aromatic N) is 2. The molecule has 2 aromatic rings. The van der Waals surface area contributed by atoms with Crippen LogP contribution in [0.2, 0.25) is 5.02 Å². The molecular formula is C12H11BrCl2N2O. The van der Waals surface area contributed by atoms with Crippen LogP contribution in [0, 0.1) is 0 Å². The number of halogens is 3. The van der Waals surface area contributed by atoms with Gasteiger partial charge in [-0.3, -0.25) is 0 Å². The molecule has 1 unspecified atom stereocenters. The summed E-state index contributed by atoms with van der Waals surface area (Å²) in [6.45, 7) is 2.06. The van der Waals surface area contributed by atoms with Gasteiger partial charge in [-0.2, -0.15) is 4.98 Å². The number of benzene rings is 1. The predicted octanol–water partition coefficient (Wildman–Crippen LogP) is 5.23. The molecular weight excluding hydrogens is 339 g/mol. The lowest BCUT2D eigenvalue weighted by Gasteiger charge is -2.00. The van der Waals surface area contributed by atoms with E-state index in [-0.39, 0.29) is 5.38 Å². The zero-order chi connectivity index (χ0) is 13.1. The van der Waals surface area contributed by atoms with Crippen LogP contribution < -0.4 is 0 Å². The van der Waals surface area contributed by atoms with E-state index >= 15 is 0 Å². The Hall–Kier alpha value is -0.580. The van der Waals surface area contributed by atoms with Gasteiger partial charge in [0, 0.05) is 10.0 Å². The summed E-state index contributed by atoms with van der Waals surface area (Å²) in [5, 5.41) is 4.33. The van der Waals surface area contributed by atoms with Crippen LogP contribution in [0.4, 0.5) is 0 Å². The second-order valence-corrected chi connectivity index (χ2v) is 5.63. The summed E-state index contributed by atoms with van der Waals surface area (Å²) >= 11 is 15.4. The topological polar surface area (TPSA) is 38.9 Å². The maximum absolute atomic E-state index is 6.15. The zero-order valence-corrected chi connectivity index (χ0v) is 12.8. The molecule has 18 heavy (non-hydrogen) atoms. The number of rotatable bonds is 4. The van der Waals surface area contributed by atoms with Gasteiger partial charge in [-0.25, -0.2) is 0 Å². The lowest BCUT2D eigenvalue weighted by atomic mass is 10.2. The van der Waals surface area contributed by atoms with Crippen molar-refractivity contribution in [2.45, 2.75) is 25.1 Å². The maximum Gasteiger partial charge on any atom is 0.258 e. The molecule has 0 aliphatic heterocycles. The Labute approximate surface area is 124 Å². The van der Waals surface area contributed by atoms with Crippen molar-refractivity contribution in [2.24, 2.45) is 0 Å². The molecule has 1 aromatic carbocycles. The quantitative estimate of drug-likeness (QED) is 0.709. The van der Waals surface area contributed by atoms with Crippen molar-refractivity contribution in [3.8, 4) is 11.5 Å². The molecule has 0 bridgehead atoms. The normalized spacial score (nSPS) is 12.7. The van der Waals surface area contributed by atoms with Crippen LogP contribution in [0.3, 0.4) is 0 Å². The highest BCUT2D eigenvalue weighted by Crippen LogP contribution is 2.30.